The highest BCUT2D eigenvalue weighted by molar-refractivity contribution is 5.79. The van der Waals surface area contributed by atoms with E-state index >= 15 is 0 Å². The van der Waals surface area contributed by atoms with Gasteiger partial charge in [-0.15, -0.1) is 0 Å². The highest BCUT2D eigenvalue weighted by atomic mass is 19.1. The van der Waals surface area contributed by atoms with Gasteiger partial charge in [-0.2, -0.15) is 0 Å². The minimum atomic E-state index is -0.147. The van der Waals surface area contributed by atoms with Gasteiger partial charge in [-0.05, 0) is 42.9 Å². The van der Waals surface area contributed by atoms with Crippen LogP contribution in [0.5, 0.6) is 0 Å². The molecule has 0 aliphatic carbocycles. The summed E-state index contributed by atoms with van der Waals surface area (Å²) >= 11 is 0. The van der Waals surface area contributed by atoms with Gasteiger partial charge in [0.1, 0.15) is 5.82 Å². The second-order valence-corrected chi connectivity index (χ2v) is 5.68. The van der Waals surface area contributed by atoms with Gasteiger partial charge in [-0.25, -0.2) is 4.39 Å². The fraction of sp³-hybridized carbons (Fsp3) is 0.562. The maximum absolute atomic E-state index is 13.5. The largest absolute Gasteiger partial charge is 0.352 e. The standard InChI is InChI=1S/C16H24FN3/c1-12-5-4-8-20(11-12)16(18-3)19-10-14-7-6-13(2)15(17)9-14/h6-7,9,12H,4-5,8,10-11H2,1-3H3,(H,18,19). The number of nitrogens with zero attached hydrogens (tertiary/aromatic N) is 2. The zero-order chi connectivity index (χ0) is 14.5. The third-order valence-corrected chi connectivity index (χ3v) is 3.86. The van der Waals surface area contributed by atoms with Crippen LogP contribution in [0.15, 0.2) is 23.2 Å². The van der Waals surface area contributed by atoms with E-state index in [-0.39, 0.29) is 5.82 Å². The Bertz CT molecular complexity index is 485. The SMILES string of the molecule is CN=C(NCc1ccc(C)c(F)c1)N1CCCC(C)C1. The van der Waals surface area contributed by atoms with Crippen LogP contribution in [-0.2, 0) is 6.54 Å². The molecule has 4 heteroatoms. The number of piperidine rings is 1. The molecule has 1 N–H and O–H groups in total. The van der Waals surface area contributed by atoms with Crippen molar-refractivity contribution >= 4 is 5.96 Å². The van der Waals surface area contributed by atoms with Crippen molar-refractivity contribution < 1.29 is 4.39 Å². The Labute approximate surface area is 120 Å². The zero-order valence-electron chi connectivity index (χ0n) is 12.6. The number of benzene rings is 1. The van der Waals surface area contributed by atoms with Gasteiger partial charge in [-0.3, -0.25) is 4.99 Å². The van der Waals surface area contributed by atoms with Crippen LogP contribution in [0.25, 0.3) is 0 Å². The van der Waals surface area contributed by atoms with Crippen molar-refractivity contribution in [3.63, 3.8) is 0 Å². The van der Waals surface area contributed by atoms with Crippen molar-refractivity contribution in [2.75, 3.05) is 20.1 Å². The molecule has 1 aromatic carbocycles. The maximum Gasteiger partial charge on any atom is 0.193 e. The fourth-order valence-electron chi connectivity index (χ4n) is 2.64. The third-order valence-electron chi connectivity index (χ3n) is 3.86. The highest BCUT2D eigenvalue weighted by Gasteiger charge is 2.18. The van der Waals surface area contributed by atoms with Crippen molar-refractivity contribution in [3.05, 3.63) is 35.1 Å². The van der Waals surface area contributed by atoms with Crippen LogP contribution >= 0.6 is 0 Å². The van der Waals surface area contributed by atoms with E-state index in [1.165, 1.54) is 12.8 Å². The van der Waals surface area contributed by atoms with Gasteiger partial charge < -0.3 is 10.2 Å². The van der Waals surface area contributed by atoms with Crippen LogP contribution in [-0.4, -0.2) is 31.0 Å². The smallest absolute Gasteiger partial charge is 0.193 e. The molecule has 1 atom stereocenters. The van der Waals surface area contributed by atoms with Crippen molar-refractivity contribution in [3.8, 4) is 0 Å². The summed E-state index contributed by atoms with van der Waals surface area (Å²) in [6.07, 6.45) is 2.50. The van der Waals surface area contributed by atoms with Gasteiger partial charge in [-0.1, -0.05) is 19.1 Å². The summed E-state index contributed by atoms with van der Waals surface area (Å²) in [5.74, 6) is 1.47. The topological polar surface area (TPSA) is 27.6 Å². The Kier molecular flexibility index (Phi) is 4.99. The number of halogens is 1. The van der Waals surface area contributed by atoms with E-state index in [2.05, 4.69) is 22.1 Å². The van der Waals surface area contributed by atoms with E-state index < -0.39 is 0 Å². The summed E-state index contributed by atoms with van der Waals surface area (Å²) in [5, 5.41) is 3.33. The molecule has 1 saturated heterocycles. The Morgan fingerprint density at radius 3 is 2.95 bits per heavy atom. The van der Waals surface area contributed by atoms with E-state index in [1.54, 1.807) is 20.0 Å². The van der Waals surface area contributed by atoms with E-state index in [9.17, 15) is 4.39 Å². The van der Waals surface area contributed by atoms with E-state index in [1.807, 2.05) is 12.1 Å². The van der Waals surface area contributed by atoms with Crippen LogP contribution in [0.2, 0.25) is 0 Å². The number of rotatable bonds is 2. The Balaban J connectivity index is 1.95. The molecule has 0 saturated carbocycles. The molecule has 1 aliphatic heterocycles. The van der Waals surface area contributed by atoms with Gasteiger partial charge in [0.15, 0.2) is 5.96 Å². The molecular formula is C16H24FN3. The minimum absolute atomic E-state index is 0.147. The number of aliphatic imine (C=N–C) groups is 1. The first-order chi connectivity index (χ1) is 9.60. The van der Waals surface area contributed by atoms with E-state index in [0.717, 1.165) is 24.6 Å². The van der Waals surface area contributed by atoms with Crippen LogP contribution in [0.1, 0.15) is 30.9 Å². The number of hydrogen-bond acceptors (Lipinski definition) is 1. The summed E-state index contributed by atoms with van der Waals surface area (Å²) in [4.78, 5) is 6.63. The maximum atomic E-state index is 13.5. The average molecular weight is 277 g/mol. The van der Waals surface area contributed by atoms with Crippen LogP contribution < -0.4 is 5.32 Å². The number of guanidine groups is 1. The summed E-state index contributed by atoms with van der Waals surface area (Å²) in [6, 6.07) is 5.37. The number of likely N-dealkylation sites (tertiary alicyclic amines) is 1. The predicted octanol–water partition coefficient (Wildman–Crippen LogP) is 2.94. The second kappa shape index (κ2) is 6.73. The number of aryl methyl sites for hydroxylation is 1. The molecule has 1 aromatic rings. The lowest BCUT2D eigenvalue weighted by molar-refractivity contribution is 0.266. The van der Waals surface area contributed by atoms with Gasteiger partial charge in [0.2, 0.25) is 0 Å². The molecule has 0 radical (unpaired) electrons. The van der Waals surface area contributed by atoms with Crippen LogP contribution in [0.3, 0.4) is 0 Å². The van der Waals surface area contributed by atoms with Gasteiger partial charge in [0.05, 0.1) is 0 Å². The second-order valence-electron chi connectivity index (χ2n) is 5.68. The lowest BCUT2D eigenvalue weighted by Crippen LogP contribution is -2.45. The van der Waals surface area contributed by atoms with Crippen molar-refractivity contribution in [1.82, 2.24) is 10.2 Å². The lowest BCUT2D eigenvalue weighted by atomic mass is 10.0. The van der Waals surface area contributed by atoms with Crippen LogP contribution in [0, 0.1) is 18.7 Å². The lowest BCUT2D eigenvalue weighted by Gasteiger charge is -2.33. The number of nitrogens with one attached hydrogen (secondary N) is 1. The molecule has 0 aromatic heterocycles. The van der Waals surface area contributed by atoms with Gasteiger partial charge in [0.25, 0.3) is 0 Å². The van der Waals surface area contributed by atoms with Crippen LogP contribution in [0.4, 0.5) is 4.39 Å². The van der Waals surface area contributed by atoms with Crippen molar-refractivity contribution in [1.29, 1.82) is 0 Å². The Morgan fingerprint density at radius 2 is 2.30 bits per heavy atom. The summed E-state index contributed by atoms with van der Waals surface area (Å²) < 4.78 is 13.5. The van der Waals surface area contributed by atoms with Gasteiger partial charge >= 0.3 is 0 Å². The zero-order valence-corrected chi connectivity index (χ0v) is 12.6. The average Bonchev–Trinajstić information content (AvgIpc) is 2.43. The first kappa shape index (κ1) is 14.8. The first-order valence-corrected chi connectivity index (χ1v) is 7.30. The molecule has 0 amide bonds. The minimum Gasteiger partial charge on any atom is -0.352 e. The molecule has 3 nitrogen and oxygen atoms in total. The third kappa shape index (κ3) is 3.71. The normalized spacial score (nSPS) is 20.1. The van der Waals surface area contributed by atoms with Gasteiger partial charge in [0, 0.05) is 26.7 Å². The van der Waals surface area contributed by atoms with E-state index in [0.29, 0.717) is 18.0 Å². The Morgan fingerprint density at radius 1 is 1.50 bits per heavy atom. The molecule has 1 unspecified atom stereocenters. The molecule has 1 heterocycles. The number of hydrogen-bond donors (Lipinski definition) is 1. The molecular weight excluding hydrogens is 253 g/mol. The monoisotopic (exact) mass is 277 g/mol. The van der Waals surface area contributed by atoms with Crippen molar-refractivity contribution in [2.24, 2.45) is 10.9 Å². The van der Waals surface area contributed by atoms with E-state index in [4.69, 9.17) is 0 Å². The summed E-state index contributed by atoms with van der Waals surface area (Å²) in [5.41, 5.74) is 1.63. The molecule has 20 heavy (non-hydrogen) atoms. The quantitative estimate of drug-likeness (QED) is 0.665. The fourth-order valence-corrected chi connectivity index (χ4v) is 2.64. The Hall–Kier alpha value is -1.58. The molecule has 0 bridgehead atoms. The molecule has 1 fully saturated rings. The molecule has 2 rings (SSSR count). The highest BCUT2D eigenvalue weighted by Crippen LogP contribution is 2.15. The molecule has 0 spiro atoms. The van der Waals surface area contributed by atoms with Crippen molar-refractivity contribution in [2.45, 2.75) is 33.2 Å². The molecule has 1 aliphatic rings. The predicted molar refractivity (Wildman–Crippen MR) is 81.3 cm³/mol. The summed E-state index contributed by atoms with van der Waals surface area (Å²) in [7, 11) is 1.80. The summed E-state index contributed by atoms with van der Waals surface area (Å²) in [6.45, 7) is 6.75. The first-order valence-electron chi connectivity index (χ1n) is 7.30. The molecule has 110 valence electrons.